The van der Waals surface area contributed by atoms with Crippen LogP contribution in [0.15, 0.2) is 30.3 Å². The van der Waals surface area contributed by atoms with E-state index in [9.17, 15) is 9.18 Å². The number of ether oxygens (including phenoxy) is 1. The highest BCUT2D eigenvalue weighted by Crippen LogP contribution is 2.23. The lowest BCUT2D eigenvalue weighted by Crippen LogP contribution is -2.09. The lowest BCUT2D eigenvalue weighted by molar-refractivity contribution is 0.0722. The van der Waals surface area contributed by atoms with Crippen molar-refractivity contribution in [3.05, 3.63) is 52.0 Å². The second kappa shape index (κ2) is 4.77. The number of H-pyrrole nitrogens is 1. The topological polar surface area (TPSA) is 42.1 Å². The van der Waals surface area contributed by atoms with Crippen LogP contribution < -0.4 is 4.74 Å². The first-order valence-corrected chi connectivity index (χ1v) is 5.34. The molecule has 0 unspecified atom stereocenters. The zero-order chi connectivity index (χ0) is 12.4. The Morgan fingerprint density at radius 3 is 2.59 bits per heavy atom. The molecule has 0 spiro atoms. The maximum atomic E-state index is 13.2. The highest BCUT2D eigenvalue weighted by molar-refractivity contribution is 6.41. The zero-order valence-corrected chi connectivity index (χ0v) is 9.85. The van der Waals surface area contributed by atoms with E-state index in [4.69, 9.17) is 27.9 Å². The number of nitrogens with one attached hydrogen (secondary N) is 1. The van der Waals surface area contributed by atoms with Crippen molar-refractivity contribution in [2.45, 2.75) is 0 Å². The molecule has 0 saturated carbocycles. The molecule has 6 heteroatoms. The predicted octanol–water partition coefficient (Wildman–Crippen LogP) is 3.68. The minimum atomic E-state index is -0.760. The van der Waals surface area contributed by atoms with Gasteiger partial charge in [-0.3, -0.25) is 0 Å². The van der Waals surface area contributed by atoms with Gasteiger partial charge >= 0.3 is 5.97 Å². The van der Waals surface area contributed by atoms with Gasteiger partial charge in [-0.15, -0.1) is 0 Å². The Morgan fingerprint density at radius 1 is 1.29 bits per heavy atom. The SMILES string of the molecule is O=C(Oc1ccccc1F)c1cc(Cl)c(Cl)[nH]1. The summed E-state index contributed by atoms with van der Waals surface area (Å²) in [4.78, 5) is 14.1. The molecule has 0 aliphatic heterocycles. The van der Waals surface area contributed by atoms with Crippen LogP contribution in [0, 0.1) is 5.82 Å². The van der Waals surface area contributed by atoms with Crippen LogP contribution >= 0.6 is 23.2 Å². The number of esters is 1. The molecule has 17 heavy (non-hydrogen) atoms. The average molecular weight is 274 g/mol. The van der Waals surface area contributed by atoms with Crippen LogP contribution in [0.3, 0.4) is 0 Å². The van der Waals surface area contributed by atoms with Gasteiger partial charge in [-0.2, -0.15) is 0 Å². The minimum absolute atomic E-state index is 0.0586. The van der Waals surface area contributed by atoms with Crippen LogP contribution in [0.4, 0.5) is 4.39 Å². The predicted molar refractivity (Wildman–Crippen MR) is 62.2 cm³/mol. The maximum Gasteiger partial charge on any atom is 0.360 e. The highest BCUT2D eigenvalue weighted by Gasteiger charge is 2.15. The summed E-state index contributed by atoms with van der Waals surface area (Å²) in [5.41, 5.74) is 0.0586. The van der Waals surface area contributed by atoms with Gasteiger partial charge in [0, 0.05) is 0 Å². The van der Waals surface area contributed by atoms with Gasteiger partial charge in [0.25, 0.3) is 0 Å². The van der Waals surface area contributed by atoms with E-state index in [-0.39, 0.29) is 21.6 Å². The maximum absolute atomic E-state index is 13.2. The molecule has 0 aliphatic rings. The van der Waals surface area contributed by atoms with Crippen LogP contribution in [-0.4, -0.2) is 11.0 Å². The first-order chi connectivity index (χ1) is 8.08. The standard InChI is InChI=1S/C11H6Cl2FNO2/c12-6-5-8(15-10(6)13)11(16)17-9-4-2-1-3-7(9)14/h1-5,15H. The van der Waals surface area contributed by atoms with E-state index < -0.39 is 11.8 Å². The number of hydrogen-bond acceptors (Lipinski definition) is 2. The summed E-state index contributed by atoms with van der Waals surface area (Å²) in [6, 6.07) is 6.90. The van der Waals surface area contributed by atoms with Gasteiger partial charge in [0.05, 0.1) is 5.02 Å². The Kier molecular flexibility index (Phi) is 3.36. The summed E-state index contributed by atoms with van der Waals surface area (Å²) < 4.78 is 18.0. The van der Waals surface area contributed by atoms with Crippen molar-refractivity contribution in [2.75, 3.05) is 0 Å². The summed E-state index contributed by atoms with van der Waals surface area (Å²) in [7, 11) is 0. The molecule has 0 amide bonds. The Bertz CT molecular complexity index is 549. The molecule has 1 heterocycles. The fraction of sp³-hybridized carbons (Fsp3) is 0. The summed E-state index contributed by atoms with van der Waals surface area (Å²) in [5, 5.41) is 0.333. The number of carbonyl (C=O) groups excluding carboxylic acids is 1. The van der Waals surface area contributed by atoms with Gasteiger partial charge in [-0.1, -0.05) is 35.3 Å². The molecule has 0 atom stereocenters. The quantitative estimate of drug-likeness (QED) is 0.670. The van der Waals surface area contributed by atoms with E-state index in [1.54, 1.807) is 6.07 Å². The normalized spacial score (nSPS) is 10.3. The van der Waals surface area contributed by atoms with E-state index in [1.807, 2.05) is 0 Å². The molecule has 2 aromatic rings. The van der Waals surface area contributed by atoms with Crippen LogP contribution in [-0.2, 0) is 0 Å². The molecular weight excluding hydrogens is 268 g/mol. The molecule has 1 N–H and O–H groups in total. The molecule has 0 bridgehead atoms. The lowest BCUT2D eigenvalue weighted by Gasteiger charge is -2.03. The molecule has 88 valence electrons. The van der Waals surface area contributed by atoms with Gasteiger partial charge in [0.1, 0.15) is 10.8 Å². The van der Waals surface area contributed by atoms with Gasteiger partial charge in [-0.05, 0) is 18.2 Å². The van der Waals surface area contributed by atoms with E-state index in [0.717, 1.165) is 0 Å². The third-order valence-corrected chi connectivity index (χ3v) is 2.68. The Balaban J connectivity index is 2.20. The molecule has 3 nitrogen and oxygen atoms in total. The second-order valence-corrected chi connectivity index (χ2v) is 3.95. The van der Waals surface area contributed by atoms with Crippen molar-refractivity contribution < 1.29 is 13.9 Å². The second-order valence-electron chi connectivity index (χ2n) is 3.16. The number of hydrogen-bond donors (Lipinski definition) is 1. The Morgan fingerprint density at radius 2 is 2.00 bits per heavy atom. The number of benzene rings is 1. The summed E-state index contributed by atoms with van der Waals surface area (Å²) in [6.07, 6.45) is 0. The summed E-state index contributed by atoms with van der Waals surface area (Å²) >= 11 is 11.3. The van der Waals surface area contributed by atoms with E-state index in [2.05, 4.69) is 4.98 Å². The van der Waals surface area contributed by atoms with Crippen LogP contribution in [0.2, 0.25) is 10.2 Å². The van der Waals surface area contributed by atoms with Crippen LogP contribution in [0.1, 0.15) is 10.5 Å². The van der Waals surface area contributed by atoms with Gasteiger partial charge < -0.3 is 9.72 Å². The third kappa shape index (κ3) is 2.60. The van der Waals surface area contributed by atoms with E-state index >= 15 is 0 Å². The van der Waals surface area contributed by atoms with Crippen molar-refractivity contribution in [2.24, 2.45) is 0 Å². The fourth-order valence-corrected chi connectivity index (χ4v) is 1.51. The van der Waals surface area contributed by atoms with Crippen molar-refractivity contribution >= 4 is 29.2 Å². The number of halogens is 3. The highest BCUT2D eigenvalue weighted by atomic mass is 35.5. The molecule has 0 saturated heterocycles. The number of aromatic amines is 1. The Labute approximate surface area is 106 Å². The molecular formula is C11H6Cl2FNO2. The summed E-state index contributed by atoms with van der Waals surface area (Å²) in [5.74, 6) is -1.53. The molecule has 0 aliphatic carbocycles. The van der Waals surface area contributed by atoms with Crippen LogP contribution in [0.25, 0.3) is 0 Å². The molecule has 1 aromatic carbocycles. The van der Waals surface area contributed by atoms with E-state index in [0.29, 0.717) is 0 Å². The fourth-order valence-electron chi connectivity index (χ4n) is 1.20. The summed E-state index contributed by atoms with van der Waals surface area (Å²) in [6.45, 7) is 0. The van der Waals surface area contributed by atoms with Crippen molar-refractivity contribution in [1.29, 1.82) is 0 Å². The minimum Gasteiger partial charge on any atom is -0.419 e. The molecule has 2 rings (SSSR count). The number of rotatable bonds is 2. The monoisotopic (exact) mass is 273 g/mol. The van der Waals surface area contributed by atoms with Crippen LogP contribution in [0.5, 0.6) is 5.75 Å². The van der Waals surface area contributed by atoms with Gasteiger partial charge in [0.2, 0.25) is 0 Å². The lowest BCUT2D eigenvalue weighted by atomic mass is 10.3. The van der Waals surface area contributed by atoms with Gasteiger partial charge in [0.15, 0.2) is 11.6 Å². The molecule has 1 aromatic heterocycles. The number of aromatic nitrogens is 1. The first kappa shape index (κ1) is 12.0. The Hall–Kier alpha value is -1.52. The number of carbonyl (C=O) groups is 1. The number of para-hydroxylation sites is 1. The first-order valence-electron chi connectivity index (χ1n) is 4.58. The van der Waals surface area contributed by atoms with Crippen molar-refractivity contribution in [3.63, 3.8) is 0 Å². The largest absolute Gasteiger partial charge is 0.419 e. The van der Waals surface area contributed by atoms with Crippen molar-refractivity contribution in [1.82, 2.24) is 4.98 Å². The van der Waals surface area contributed by atoms with Gasteiger partial charge in [-0.25, -0.2) is 9.18 Å². The third-order valence-electron chi connectivity index (χ3n) is 1.98. The average Bonchev–Trinajstić information content (AvgIpc) is 2.63. The smallest absolute Gasteiger partial charge is 0.360 e. The zero-order valence-electron chi connectivity index (χ0n) is 8.34. The molecule has 0 fully saturated rings. The van der Waals surface area contributed by atoms with E-state index in [1.165, 1.54) is 24.3 Å². The molecule has 0 radical (unpaired) electrons. The van der Waals surface area contributed by atoms with Crippen molar-refractivity contribution in [3.8, 4) is 5.75 Å².